The van der Waals surface area contributed by atoms with Gasteiger partial charge in [0.15, 0.2) is 0 Å². The van der Waals surface area contributed by atoms with Crippen LogP contribution in [0.5, 0.6) is 0 Å². The number of aromatic nitrogens is 2. The van der Waals surface area contributed by atoms with Crippen molar-refractivity contribution in [2.45, 2.75) is 6.92 Å². The molecule has 0 spiro atoms. The molecule has 9 nitrogen and oxygen atoms in total. The molecule has 25 heavy (non-hydrogen) atoms. The Morgan fingerprint density at radius 2 is 1.84 bits per heavy atom. The van der Waals surface area contributed by atoms with Crippen molar-refractivity contribution >= 4 is 11.9 Å². The summed E-state index contributed by atoms with van der Waals surface area (Å²) in [5.74, 6) is 0. The third-order valence-electron chi connectivity index (χ3n) is 4.27. The first-order chi connectivity index (χ1) is 12.0. The third kappa shape index (κ3) is 3.61. The van der Waals surface area contributed by atoms with Gasteiger partial charge in [-0.15, -0.1) is 0 Å². The molecule has 0 unspecified atom stereocenters. The van der Waals surface area contributed by atoms with Gasteiger partial charge in [0.1, 0.15) is 0 Å². The van der Waals surface area contributed by atoms with E-state index in [0.29, 0.717) is 16.9 Å². The highest BCUT2D eigenvalue weighted by molar-refractivity contribution is 5.80. The normalized spacial score (nSPS) is 15.8. The lowest BCUT2D eigenvalue weighted by Crippen LogP contribution is -2.41. The number of nitro groups is 1. The molecule has 0 amide bonds. The van der Waals surface area contributed by atoms with Crippen molar-refractivity contribution in [1.29, 1.82) is 0 Å². The van der Waals surface area contributed by atoms with E-state index in [-0.39, 0.29) is 11.2 Å². The highest BCUT2D eigenvalue weighted by Gasteiger charge is 2.14. The highest BCUT2D eigenvalue weighted by Crippen LogP contribution is 2.14. The van der Waals surface area contributed by atoms with Gasteiger partial charge in [-0.3, -0.25) is 25.0 Å². The van der Waals surface area contributed by atoms with Gasteiger partial charge in [0.2, 0.25) is 0 Å². The number of likely N-dealkylation sites (N-methyl/N-ethyl adjacent to an activating group) is 1. The molecule has 0 saturated carbocycles. The maximum absolute atomic E-state index is 12.6. The van der Waals surface area contributed by atoms with Gasteiger partial charge in [-0.05, 0) is 26.1 Å². The number of nitrogens with one attached hydrogen (secondary N) is 1. The first-order valence-electron chi connectivity index (χ1n) is 7.99. The Morgan fingerprint density at radius 1 is 1.20 bits per heavy atom. The molecular formula is C16H20N6O3. The lowest BCUT2D eigenvalue weighted by atomic mass is 10.2. The summed E-state index contributed by atoms with van der Waals surface area (Å²) in [7, 11) is 2.07. The van der Waals surface area contributed by atoms with Gasteiger partial charge in [-0.2, -0.15) is 5.10 Å². The zero-order chi connectivity index (χ0) is 18.0. The van der Waals surface area contributed by atoms with Crippen LogP contribution in [0.2, 0.25) is 0 Å². The second-order valence-electron chi connectivity index (χ2n) is 6.07. The second kappa shape index (κ2) is 6.89. The first-order valence-corrected chi connectivity index (χ1v) is 7.99. The van der Waals surface area contributed by atoms with Crippen molar-refractivity contribution in [1.82, 2.24) is 19.7 Å². The number of aryl methyl sites for hydroxylation is 1. The fourth-order valence-electron chi connectivity index (χ4n) is 2.67. The van der Waals surface area contributed by atoms with E-state index in [4.69, 9.17) is 0 Å². The largest absolute Gasteiger partial charge is 0.303 e. The summed E-state index contributed by atoms with van der Waals surface area (Å²) >= 11 is 0. The minimum Gasteiger partial charge on any atom is -0.303 e. The topological polar surface area (TPSA) is 99.8 Å². The van der Waals surface area contributed by atoms with Gasteiger partial charge in [0.05, 0.1) is 22.4 Å². The molecule has 2 heterocycles. The Hall–Kier alpha value is -2.94. The van der Waals surface area contributed by atoms with Crippen LogP contribution in [0.15, 0.2) is 34.2 Å². The fourth-order valence-corrected chi connectivity index (χ4v) is 2.67. The maximum Gasteiger partial charge on any atom is 0.280 e. The van der Waals surface area contributed by atoms with Crippen molar-refractivity contribution < 1.29 is 4.92 Å². The third-order valence-corrected chi connectivity index (χ3v) is 4.27. The van der Waals surface area contributed by atoms with Gasteiger partial charge in [-0.1, -0.05) is 0 Å². The van der Waals surface area contributed by atoms with E-state index < -0.39 is 4.92 Å². The first kappa shape index (κ1) is 16.9. The number of piperazine rings is 1. The van der Waals surface area contributed by atoms with Gasteiger partial charge < -0.3 is 4.90 Å². The maximum atomic E-state index is 12.6. The molecule has 3 rings (SSSR count). The Morgan fingerprint density at radius 3 is 2.44 bits per heavy atom. The number of rotatable bonds is 4. The Labute approximate surface area is 144 Å². The number of aromatic amines is 1. The van der Waals surface area contributed by atoms with Crippen molar-refractivity contribution in [3.05, 3.63) is 56.0 Å². The highest BCUT2D eigenvalue weighted by atomic mass is 16.6. The van der Waals surface area contributed by atoms with Crippen LogP contribution >= 0.6 is 0 Å². The Balaban J connectivity index is 1.83. The zero-order valence-corrected chi connectivity index (χ0v) is 14.2. The van der Waals surface area contributed by atoms with Crippen LogP contribution < -0.4 is 5.56 Å². The molecule has 0 radical (unpaired) electrons. The Kier molecular flexibility index (Phi) is 4.66. The average Bonchev–Trinajstić information content (AvgIpc) is 2.89. The number of hydrazone groups is 1. The van der Waals surface area contributed by atoms with Crippen molar-refractivity contribution in [3.63, 3.8) is 0 Å². The smallest absolute Gasteiger partial charge is 0.280 e. The van der Waals surface area contributed by atoms with E-state index in [9.17, 15) is 14.9 Å². The predicted molar refractivity (Wildman–Crippen MR) is 94.4 cm³/mol. The fraction of sp³-hybridized carbons (Fsp3) is 0.375. The van der Waals surface area contributed by atoms with E-state index in [2.05, 4.69) is 22.1 Å². The van der Waals surface area contributed by atoms with E-state index in [1.165, 1.54) is 28.9 Å². The number of nitro benzene ring substituents is 1. The van der Waals surface area contributed by atoms with Crippen LogP contribution in [-0.2, 0) is 0 Å². The van der Waals surface area contributed by atoms with Crippen LogP contribution in [0.4, 0.5) is 5.69 Å². The molecule has 1 aromatic heterocycles. The molecule has 0 atom stereocenters. The van der Waals surface area contributed by atoms with E-state index >= 15 is 0 Å². The summed E-state index contributed by atoms with van der Waals surface area (Å²) in [6.07, 6.45) is 1.58. The van der Waals surface area contributed by atoms with Gasteiger partial charge in [0, 0.05) is 44.0 Å². The summed E-state index contributed by atoms with van der Waals surface area (Å²) in [5.41, 5.74) is 1.47. The second-order valence-corrected chi connectivity index (χ2v) is 6.07. The SMILES string of the molecule is Cc1[nH]n(-c2ccc([N+](=O)[O-])cc2)c(=O)c1/C=N\N1CCN(C)CC1. The summed E-state index contributed by atoms with van der Waals surface area (Å²) in [4.78, 5) is 25.1. The molecule has 9 heteroatoms. The summed E-state index contributed by atoms with van der Waals surface area (Å²) < 4.78 is 1.37. The minimum atomic E-state index is -0.472. The number of H-pyrrole nitrogens is 1. The number of hydrogen-bond acceptors (Lipinski definition) is 6. The molecule has 1 aliphatic rings. The van der Waals surface area contributed by atoms with Crippen LogP contribution in [0.25, 0.3) is 5.69 Å². The summed E-state index contributed by atoms with van der Waals surface area (Å²) in [6, 6.07) is 5.82. The van der Waals surface area contributed by atoms with E-state index in [1.807, 2.05) is 5.01 Å². The summed E-state index contributed by atoms with van der Waals surface area (Å²) in [5, 5.41) is 20.1. The van der Waals surface area contributed by atoms with Crippen molar-refractivity contribution in [2.75, 3.05) is 33.2 Å². The number of non-ortho nitro benzene ring substituents is 1. The molecule has 132 valence electrons. The van der Waals surface area contributed by atoms with Gasteiger partial charge in [-0.25, -0.2) is 4.68 Å². The number of nitrogens with zero attached hydrogens (tertiary/aromatic N) is 5. The van der Waals surface area contributed by atoms with Crippen LogP contribution in [0.3, 0.4) is 0 Å². The monoisotopic (exact) mass is 344 g/mol. The number of hydrogen-bond donors (Lipinski definition) is 1. The number of benzene rings is 1. The Bertz CT molecular complexity index is 844. The van der Waals surface area contributed by atoms with Crippen molar-refractivity contribution in [3.8, 4) is 5.69 Å². The lowest BCUT2D eigenvalue weighted by Gasteiger charge is -2.30. The lowest BCUT2D eigenvalue weighted by molar-refractivity contribution is -0.384. The average molecular weight is 344 g/mol. The standard InChI is InChI=1S/C16H20N6O3/c1-12-15(11-17-20-9-7-19(2)8-10-20)16(23)21(18-12)13-3-5-14(6-4-13)22(24)25/h3-6,11,18H,7-10H2,1-2H3/b17-11-. The van der Waals surface area contributed by atoms with Gasteiger partial charge in [0.25, 0.3) is 11.2 Å². The molecule has 0 aliphatic carbocycles. The molecular weight excluding hydrogens is 324 g/mol. The minimum absolute atomic E-state index is 0.0167. The van der Waals surface area contributed by atoms with Crippen LogP contribution in [0.1, 0.15) is 11.3 Å². The van der Waals surface area contributed by atoms with Crippen LogP contribution in [0, 0.1) is 17.0 Å². The molecule has 1 aromatic carbocycles. The zero-order valence-electron chi connectivity index (χ0n) is 14.2. The molecule has 1 aliphatic heterocycles. The van der Waals surface area contributed by atoms with E-state index in [0.717, 1.165) is 26.2 Å². The van der Waals surface area contributed by atoms with Crippen molar-refractivity contribution in [2.24, 2.45) is 5.10 Å². The van der Waals surface area contributed by atoms with Gasteiger partial charge >= 0.3 is 0 Å². The summed E-state index contributed by atoms with van der Waals surface area (Å²) in [6.45, 7) is 5.33. The molecule has 1 N–H and O–H groups in total. The molecule has 1 fully saturated rings. The molecule has 0 bridgehead atoms. The van der Waals surface area contributed by atoms with Crippen LogP contribution in [-0.4, -0.2) is 64.1 Å². The molecule has 2 aromatic rings. The van der Waals surface area contributed by atoms with E-state index in [1.54, 1.807) is 13.1 Å². The quantitative estimate of drug-likeness (QED) is 0.506. The molecule has 1 saturated heterocycles. The predicted octanol–water partition coefficient (Wildman–Crippen LogP) is 0.964.